The summed E-state index contributed by atoms with van der Waals surface area (Å²) in [6.45, 7) is 4.54. The van der Waals surface area contributed by atoms with Gasteiger partial charge in [0.25, 0.3) is 0 Å². The van der Waals surface area contributed by atoms with Crippen molar-refractivity contribution >= 4 is 16.3 Å². The van der Waals surface area contributed by atoms with Gasteiger partial charge in [0.1, 0.15) is 0 Å². The second-order valence-corrected chi connectivity index (χ2v) is 4.73. The minimum absolute atomic E-state index is 0.205. The summed E-state index contributed by atoms with van der Waals surface area (Å²) in [4.78, 5) is 5.51. The van der Waals surface area contributed by atoms with E-state index in [4.69, 9.17) is 0 Å². The fourth-order valence-corrected chi connectivity index (χ4v) is 2.68. The topological polar surface area (TPSA) is 29.3 Å². The molecule has 0 bridgehead atoms. The van der Waals surface area contributed by atoms with Gasteiger partial charge in [-0.3, -0.25) is 8.79 Å². The lowest BCUT2D eigenvalue weighted by Crippen LogP contribution is -2.22. The molecule has 2 heterocycles. The molecular weight excluding hydrogens is 225 g/mol. The van der Waals surface area contributed by atoms with Crippen LogP contribution in [0.3, 0.4) is 0 Å². The molecule has 0 aliphatic heterocycles. The number of alkyl halides is 1. The molecule has 3 nitrogen and oxygen atoms in total. The van der Waals surface area contributed by atoms with Crippen molar-refractivity contribution in [2.75, 3.05) is 13.2 Å². The first-order chi connectivity index (χ1) is 7.74. The summed E-state index contributed by atoms with van der Waals surface area (Å²) in [5.74, 6) is 0. The third-order valence-electron chi connectivity index (χ3n) is 2.65. The number of thiazole rings is 1. The van der Waals surface area contributed by atoms with E-state index in [0.29, 0.717) is 13.0 Å². The van der Waals surface area contributed by atoms with Crippen molar-refractivity contribution in [3.8, 4) is 0 Å². The van der Waals surface area contributed by atoms with Gasteiger partial charge in [-0.15, -0.1) is 11.3 Å². The summed E-state index contributed by atoms with van der Waals surface area (Å²) in [5.41, 5.74) is 2.22. The molecule has 0 aromatic carbocycles. The molecule has 1 N–H and O–H groups in total. The zero-order valence-corrected chi connectivity index (χ0v) is 10.4. The quantitative estimate of drug-likeness (QED) is 0.816. The number of aromatic nitrogens is 2. The molecule has 1 atom stereocenters. The van der Waals surface area contributed by atoms with Crippen LogP contribution >= 0.6 is 11.3 Å². The van der Waals surface area contributed by atoms with Crippen LogP contribution in [-0.2, 0) is 0 Å². The Morgan fingerprint density at radius 2 is 2.44 bits per heavy atom. The Labute approximate surface area is 98.3 Å². The molecule has 5 heteroatoms. The van der Waals surface area contributed by atoms with Crippen LogP contribution in [0.2, 0.25) is 0 Å². The summed E-state index contributed by atoms with van der Waals surface area (Å²) < 4.78 is 14.1. The lowest BCUT2D eigenvalue weighted by molar-refractivity contribution is 0.443. The zero-order valence-electron chi connectivity index (χ0n) is 9.53. The molecule has 0 fully saturated rings. The van der Waals surface area contributed by atoms with Crippen molar-refractivity contribution in [3.05, 3.63) is 23.0 Å². The molecule has 88 valence electrons. The van der Waals surface area contributed by atoms with E-state index in [9.17, 15) is 4.39 Å². The summed E-state index contributed by atoms with van der Waals surface area (Å²) in [5, 5.41) is 5.34. The predicted molar refractivity (Wildman–Crippen MR) is 64.8 cm³/mol. The highest BCUT2D eigenvalue weighted by atomic mass is 32.1. The number of nitrogens with one attached hydrogen (secondary N) is 1. The fourth-order valence-electron chi connectivity index (χ4n) is 1.92. The molecule has 0 spiro atoms. The van der Waals surface area contributed by atoms with Crippen LogP contribution in [-0.4, -0.2) is 22.6 Å². The van der Waals surface area contributed by atoms with Crippen LogP contribution in [0.25, 0.3) is 4.96 Å². The van der Waals surface area contributed by atoms with E-state index in [1.807, 2.05) is 18.5 Å². The van der Waals surface area contributed by atoms with Gasteiger partial charge in [0.2, 0.25) is 0 Å². The van der Waals surface area contributed by atoms with Crippen LogP contribution in [0.5, 0.6) is 0 Å². The number of nitrogens with zero attached hydrogens (tertiary/aromatic N) is 2. The number of imidazole rings is 1. The van der Waals surface area contributed by atoms with E-state index in [0.717, 1.165) is 10.7 Å². The number of aryl methyl sites for hydroxylation is 1. The molecule has 1 unspecified atom stereocenters. The molecule has 0 radical (unpaired) electrons. The Morgan fingerprint density at radius 3 is 3.19 bits per heavy atom. The number of hydrogen-bond acceptors (Lipinski definition) is 3. The highest BCUT2D eigenvalue weighted by molar-refractivity contribution is 7.15. The van der Waals surface area contributed by atoms with E-state index in [1.165, 1.54) is 5.69 Å². The Morgan fingerprint density at radius 1 is 1.62 bits per heavy atom. The number of hydrogen-bond donors (Lipinski definition) is 1. The van der Waals surface area contributed by atoms with Crippen LogP contribution in [0.1, 0.15) is 30.8 Å². The summed E-state index contributed by atoms with van der Waals surface area (Å²) >= 11 is 1.63. The van der Waals surface area contributed by atoms with Gasteiger partial charge in [-0.1, -0.05) is 0 Å². The molecular formula is C11H16FN3S. The molecule has 0 saturated carbocycles. The first-order valence-electron chi connectivity index (χ1n) is 5.45. The molecule has 0 amide bonds. The van der Waals surface area contributed by atoms with Crippen molar-refractivity contribution in [2.45, 2.75) is 26.3 Å². The maximum absolute atomic E-state index is 12.0. The van der Waals surface area contributed by atoms with Crippen molar-refractivity contribution < 1.29 is 4.39 Å². The maximum Gasteiger partial charge on any atom is 0.194 e. The summed E-state index contributed by atoms with van der Waals surface area (Å²) in [6.07, 6.45) is 2.59. The maximum atomic E-state index is 12.0. The van der Waals surface area contributed by atoms with Gasteiger partial charge in [0.15, 0.2) is 4.96 Å². The first-order valence-corrected chi connectivity index (χ1v) is 6.33. The highest BCUT2D eigenvalue weighted by Crippen LogP contribution is 2.22. The van der Waals surface area contributed by atoms with Gasteiger partial charge >= 0.3 is 0 Å². The molecule has 2 aromatic rings. The van der Waals surface area contributed by atoms with Crippen molar-refractivity contribution in [1.82, 2.24) is 14.7 Å². The second-order valence-electron chi connectivity index (χ2n) is 3.86. The SMILES string of the molecule is Cc1nc2sccn2c1C(C)NCCCF. The van der Waals surface area contributed by atoms with Gasteiger partial charge in [-0.2, -0.15) is 0 Å². The zero-order chi connectivity index (χ0) is 11.5. The third-order valence-corrected chi connectivity index (χ3v) is 3.41. The normalized spacial score (nSPS) is 13.4. The van der Waals surface area contributed by atoms with Crippen molar-refractivity contribution in [2.24, 2.45) is 0 Å². The molecule has 2 rings (SSSR count). The third kappa shape index (κ3) is 2.10. The van der Waals surface area contributed by atoms with E-state index in [1.54, 1.807) is 11.3 Å². The van der Waals surface area contributed by atoms with E-state index in [2.05, 4.69) is 21.6 Å². The Hall–Kier alpha value is -0.940. The monoisotopic (exact) mass is 241 g/mol. The number of rotatable bonds is 5. The van der Waals surface area contributed by atoms with Gasteiger partial charge < -0.3 is 5.32 Å². The van der Waals surface area contributed by atoms with Gasteiger partial charge in [-0.05, 0) is 26.8 Å². The van der Waals surface area contributed by atoms with E-state index >= 15 is 0 Å². The van der Waals surface area contributed by atoms with Crippen LogP contribution in [0, 0.1) is 6.92 Å². The standard InChI is InChI=1S/C11H16FN3S/c1-8(13-5-3-4-12)10-9(2)14-11-15(10)6-7-16-11/h6-8,13H,3-5H2,1-2H3. The number of halogens is 1. The van der Waals surface area contributed by atoms with Crippen LogP contribution in [0.4, 0.5) is 4.39 Å². The van der Waals surface area contributed by atoms with Crippen molar-refractivity contribution in [3.63, 3.8) is 0 Å². The summed E-state index contributed by atoms with van der Waals surface area (Å²) in [6, 6.07) is 0.205. The lowest BCUT2D eigenvalue weighted by Gasteiger charge is -2.13. The Kier molecular flexibility index (Phi) is 3.56. The van der Waals surface area contributed by atoms with E-state index < -0.39 is 0 Å². The number of fused-ring (bicyclic) bond motifs is 1. The highest BCUT2D eigenvalue weighted by Gasteiger charge is 2.15. The van der Waals surface area contributed by atoms with Gasteiger partial charge in [0, 0.05) is 17.6 Å². The van der Waals surface area contributed by atoms with Crippen molar-refractivity contribution in [1.29, 1.82) is 0 Å². The second kappa shape index (κ2) is 4.93. The molecule has 0 saturated heterocycles. The average Bonchev–Trinajstić information content (AvgIpc) is 2.77. The lowest BCUT2D eigenvalue weighted by atomic mass is 10.2. The van der Waals surface area contributed by atoms with Crippen LogP contribution < -0.4 is 5.32 Å². The smallest absolute Gasteiger partial charge is 0.194 e. The summed E-state index contributed by atoms with van der Waals surface area (Å²) in [7, 11) is 0. The minimum atomic E-state index is -0.265. The van der Waals surface area contributed by atoms with Gasteiger partial charge in [-0.25, -0.2) is 4.98 Å². The van der Waals surface area contributed by atoms with Gasteiger partial charge in [0.05, 0.1) is 18.1 Å². The predicted octanol–water partition coefficient (Wildman–Crippen LogP) is 2.71. The van der Waals surface area contributed by atoms with Crippen LogP contribution in [0.15, 0.2) is 11.6 Å². The average molecular weight is 241 g/mol. The largest absolute Gasteiger partial charge is 0.309 e. The fraction of sp³-hybridized carbons (Fsp3) is 0.545. The Balaban J connectivity index is 2.17. The molecule has 0 aliphatic rings. The molecule has 0 aliphatic carbocycles. The molecule has 16 heavy (non-hydrogen) atoms. The van der Waals surface area contributed by atoms with E-state index in [-0.39, 0.29) is 12.7 Å². The minimum Gasteiger partial charge on any atom is -0.309 e. The first kappa shape index (κ1) is 11.5. The Bertz CT molecular complexity index is 463. The molecule has 2 aromatic heterocycles.